The van der Waals surface area contributed by atoms with E-state index in [1.165, 1.54) is 11.1 Å². The maximum absolute atomic E-state index is 12.1. The van der Waals surface area contributed by atoms with Crippen molar-refractivity contribution in [2.24, 2.45) is 0 Å². The molecule has 0 fully saturated rings. The van der Waals surface area contributed by atoms with Crippen LogP contribution in [0.3, 0.4) is 0 Å². The van der Waals surface area contributed by atoms with Crippen LogP contribution in [-0.2, 0) is 11.2 Å². The number of benzene rings is 2. The molecule has 23 heavy (non-hydrogen) atoms. The SMILES string of the molecule is O=C(CNC(=O)c1ccccc1Cl)NC1CCc2ccccc21. The summed E-state index contributed by atoms with van der Waals surface area (Å²) in [6.07, 6.45) is 1.86. The summed E-state index contributed by atoms with van der Waals surface area (Å²) in [5, 5.41) is 5.94. The smallest absolute Gasteiger partial charge is 0.253 e. The maximum Gasteiger partial charge on any atom is 0.253 e. The molecule has 2 aromatic rings. The van der Waals surface area contributed by atoms with Gasteiger partial charge in [0.05, 0.1) is 23.2 Å². The third kappa shape index (κ3) is 3.54. The zero-order valence-corrected chi connectivity index (χ0v) is 13.3. The van der Waals surface area contributed by atoms with Gasteiger partial charge in [-0.3, -0.25) is 9.59 Å². The lowest BCUT2D eigenvalue weighted by Crippen LogP contribution is -2.38. The monoisotopic (exact) mass is 328 g/mol. The molecule has 1 atom stereocenters. The number of nitrogens with one attached hydrogen (secondary N) is 2. The summed E-state index contributed by atoms with van der Waals surface area (Å²) in [5.41, 5.74) is 2.81. The summed E-state index contributed by atoms with van der Waals surface area (Å²) in [6.45, 7) is -0.0667. The van der Waals surface area contributed by atoms with Crippen molar-refractivity contribution in [3.05, 3.63) is 70.2 Å². The molecule has 5 heteroatoms. The van der Waals surface area contributed by atoms with Gasteiger partial charge in [-0.15, -0.1) is 0 Å². The van der Waals surface area contributed by atoms with Crippen molar-refractivity contribution >= 4 is 23.4 Å². The summed E-state index contributed by atoms with van der Waals surface area (Å²) >= 11 is 5.97. The van der Waals surface area contributed by atoms with E-state index >= 15 is 0 Å². The average molecular weight is 329 g/mol. The Bertz CT molecular complexity index is 745. The van der Waals surface area contributed by atoms with Crippen LogP contribution < -0.4 is 10.6 Å². The molecule has 3 rings (SSSR count). The number of hydrogen-bond donors (Lipinski definition) is 2. The largest absolute Gasteiger partial charge is 0.348 e. The van der Waals surface area contributed by atoms with E-state index in [0.29, 0.717) is 10.6 Å². The minimum absolute atomic E-state index is 0.0240. The lowest BCUT2D eigenvalue weighted by atomic mass is 10.1. The Balaban J connectivity index is 1.55. The second kappa shape index (κ2) is 6.84. The number of halogens is 1. The molecule has 0 spiro atoms. The van der Waals surface area contributed by atoms with Crippen LogP contribution in [0.5, 0.6) is 0 Å². The first-order valence-corrected chi connectivity index (χ1v) is 7.93. The van der Waals surface area contributed by atoms with Crippen LogP contribution in [0.4, 0.5) is 0 Å². The summed E-state index contributed by atoms with van der Waals surface area (Å²) in [7, 11) is 0. The highest BCUT2D eigenvalue weighted by Gasteiger charge is 2.23. The highest BCUT2D eigenvalue weighted by atomic mass is 35.5. The van der Waals surface area contributed by atoms with Crippen LogP contribution in [0, 0.1) is 0 Å². The zero-order valence-electron chi connectivity index (χ0n) is 12.5. The minimum Gasteiger partial charge on any atom is -0.348 e. The lowest BCUT2D eigenvalue weighted by Gasteiger charge is -2.14. The highest BCUT2D eigenvalue weighted by molar-refractivity contribution is 6.33. The molecular formula is C18H17ClN2O2. The van der Waals surface area contributed by atoms with Gasteiger partial charge in [0.1, 0.15) is 0 Å². The standard InChI is InChI=1S/C18H17ClN2O2/c19-15-8-4-3-7-14(15)18(23)20-11-17(22)21-16-10-9-12-5-1-2-6-13(12)16/h1-8,16H,9-11H2,(H,20,23)(H,21,22). The van der Waals surface area contributed by atoms with Gasteiger partial charge < -0.3 is 10.6 Å². The zero-order chi connectivity index (χ0) is 16.2. The number of carbonyl (C=O) groups is 2. The van der Waals surface area contributed by atoms with Crippen LogP contribution in [0.1, 0.15) is 33.9 Å². The van der Waals surface area contributed by atoms with E-state index in [1.807, 2.05) is 18.2 Å². The Labute approximate surface area is 139 Å². The fourth-order valence-corrected chi connectivity index (χ4v) is 3.08. The number of carbonyl (C=O) groups excluding carboxylic acids is 2. The molecule has 0 aromatic heterocycles. The fourth-order valence-electron chi connectivity index (χ4n) is 2.85. The van der Waals surface area contributed by atoms with Crippen molar-refractivity contribution in [1.29, 1.82) is 0 Å². The first-order chi connectivity index (χ1) is 11.1. The third-order valence-corrected chi connectivity index (χ3v) is 4.33. The Hall–Kier alpha value is -2.33. The van der Waals surface area contributed by atoms with Crippen LogP contribution in [0.2, 0.25) is 5.02 Å². The Morgan fingerprint density at radius 2 is 1.83 bits per heavy atom. The van der Waals surface area contributed by atoms with Crippen LogP contribution in [0.15, 0.2) is 48.5 Å². The van der Waals surface area contributed by atoms with Gasteiger partial charge in [-0.1, -0.05) is 48.0 Å². The Kier molecular flexibility index (Phi) is 4.63. The summed E-state index contributed by atoms with van der Waals surface area (Å²) in [4.78, 5) is 24.1. The molecule has 1 aliphatic rings. The van der Waals surface area contributed by atoms with Crippen molar-refractivity contribution in [3.63, 3.8) is 0 Å². The number of rotatable bonds is 4. The summed E-state index contributed by atoms with van der Waals surface area (Å²) in [5.74, 6) is -0.551. The molecule has 4 nitrogen and oxygen atoms in total. The Morgan fingerprint density at radius 3 is 2.65 bits per heavy atom. The molecule has 0 radical (unpaired) electrons. The van der Waals surface area contributed by atoms with E-state index in [1.54, 1.807) is 24.3 Å². The van der Waals surface area contributed by atoms with E-state index < -0.39 is 0 Å². The van der Waals surface area contributed by atoms with Crippen molar-refractivity contribution in [2.45, 2.75) is 18.9 Å². The predicted octanol–water partition coefficient (Wildman–Crippen LogP) is 2.87. The molecule has 2 aromatic carbocycles. The van der Waals surface area contributed by atoms with E-state index in [9.17, 15) is 9.59 Å². The van der Waals surface area contributed by atoms with Crippen LogP contribution in [-0.4, -0.2) is 18.4 Å². The van der Waals surface area contributed by atoms with E-state index in [-0.39, 0.29) is 24.4 Å². The molecule has 0 heterocycles. The molecule has 0 saturated heterocycles. The fraction of sp³-hybridized carbons (Fsp3) is 0.222. The van der Waals surface area contributed by atoms with E-state index in [2.05, 4.69) is 16.7 Å². The lowest BCUT2D eigenvalue weighted by molar-refractivity contribution is -0.120. The molecule has 2 amide bonds. The maximum atomic E-state index is 12.1. The minimum atomic E-state index is -0.349. The van der Waals surface area contributed by atoms with Gasteiger partial charge in [0.15, 0.2) is 0 Å². The Morgan fingerprint density at radius 1 is 1.09 bits per heavy atom. The van der Waals surface area contributed by atoms with Crippen molar-refractivity contribution in [3.8, 4) is 0 Å². The van der Waals surface area contributed by atoms with E-state index in [4.69, 9.17) is 11.6 Å². The van der Waals surface area contributed by atoms with E-state index in [0.717, 1.165) is 12.8 Å². The molecule has 118 valence electrons. The first kappa shape index (κ1) is 15.6. The molecule has 1 unspecified atom stereocenters. The number of hydrogen-bond acceptors (Lipinski definition) is 2. The van der Waals surface area contributed by atoms with Gasteiger partial charge >= 0.3 is 0 Å². The van der Waals surface area contributed by atoms with Gasteiger partial charge in [0, 0.05) is 0 Å². The van der Waals surface area contributed by atoms with Gasteiger partial charge in [0.2, 0.25) is 5.91 Å². The molecule has 0 bridgehead atoms. The molecule has 1 aliphatic carbocycles. The number of fused-ring (bicyclic) bond motifs is 1. The van der Waals surface area contributed by atoms with Gasteiger partial charge in [-0.05, 0) is 36.1 Å². The summed E-state index contributed by atoms with van der Waals surface area (Å²) < 4.78 is 0. The van der Waals surface area contributed by atoms with Crippen LogP contribution in [0.25, 0.3) is 0 Å². The summed E-state index contributed by atoms with van der Waals surface area (Å²) in [6, 6.07) is 14.9. The van der Waals surface area contributed by atoms with Crippen molar-refractivity contribution in [1.82, 2.24) is 10.6 Å². The molecular weight excluding hydrogens is 312 g/mol. The normalized spacial score (nSPS) is 15.8. The molecule has 2 N–H and O–H groups in total. The van der Waals surface area contributed by atoms with Crippen molar-refractivity contribution in [2.75, 3.05) is 6.54 Å². The molecule has 0 aliphatic heterocycles. The van der Waals surface area contributed by atoms with Gasteiger partial charge in [-0.2, -0.15) is 0 Å². The molecule has 0 saturated carbocycles. The third-order valence-electron chi connectivity index (χ3n) is 4.00. The predicted molar refractivity (Wildman–Crippen MR) is 89.4 cm³/mol. The topological polar surface area (TPSA) is 58.2 Å². The number of amides is 2. The second-order valence-electron chi connectivity index (χ2n) is 5.52. The average Bonchev–Trinajstić information content (AvgIpc) is 2.96. The highest BCUT2D eigenvalue weighted by Crippen LogP contribution is 2.30. The van der Waals surface area contributed by atoms with Gasteiger partial charge in [-0.25, -0.2) is 0 Å². The van der Waals surface area contributed by atoms with Gasteiger partial charge in [0.25, 0.3) is 5.91 Å². The second-order valence-corrected chi connectivity index (χ2v) is 5.93. The quantitative estimate of drug-likeness (QED) is 0.906. The van der Waals surface area contributed by atoms with Crippen molar-refractivity contribution < 1.29 is 9.59 Å². The number of aryl methyl sites for hydroxylation is 1. The first-order valence-electron chi connectivity index (χ1n) is 7.55. The van der Waals surface area contributed by atoms with Crippen LogP contribution >= 0.6 is 11.6 Å².